The van der Waals surface area contributed by atoms with Gasteiger partial charge in [-0.05, 0) is 6.07 Å². The number of aromatic amines is 1. The van der Waals surface area contributed by atoms with Crippen molar-refractivity contribution in [2.45, 2.75) is 6.42 Å². The van der Waals surface area contributed by atoms with Crippen molar-refractivity contribution in [3.8, 4) is 0 Å². The number of nitrogens with one attached hydrogen (secondary N) is 1. The number of hydrogen-bond acceptors (Lipinski definition) is 1. The van der Waals surface area contributed by atoms with Crippen LogP contribution in [0.15, 0.2) is 12.3 Å². The smallest absolute Gasteiger partial charge is 0.0490 e. The van der Waals surface area contributed by atoms with E-state index in [4.69, 9.17) is 11.6 Å². The number of H-pyrrole nitrogens is 1. The van der Waals surface area contributed by atoms with Crippen LogP contribution < -0.4 is 0 Å². The Bertz CT molecular complexity index is 139. The van der Waals surface area contributed by atoms with E-state index in [-0.39, 0.29) is 12.4 Å². The zero-order valence-electron chi connectivity index (χ0n) is 4.80. The number of rotatable bonds is 2. The zero-order valence-corrected chi connectivity index (χ0v) is 6.37. The fraction of sp³-hybridized carbons (Fsp3) is 0.400. The van der Waals surface area contributed by atoms with Gasteiger partial charge in [-0.25, -0.2) is 0 Å². The molecule has 0 radical (unpaired) electrons. The summed E-state index contributed by atoms with van der Waals surface area (Å²) < 4.78 is 0. The highest BCUT2D eigenvalue weighted by molar-refractivity contribution is 6.17. The second-order valence-electron chi connectivity index (χ2n) is 1.52. The molecular formula is C5H8Cl2N2. The van der Waals surface area contributed by atoms with E-state index in [2.05, 4.69) is 10.2 Å². The summed E-state index contributed by atoms with van der Waals surface area (Å²) in [5, 5.41) is 6.56. The summed E-state index contributed by atoms with van der Waals surface area (Å²) in [6.07, 6.45) is 2.60. The topological polar surface area (TPSA) is 28.7 Å². The van der Waals surface area contributed by atoms with Crippen molar-refractivity contribution in [1.82, 2.24) is 10.2 Å². The molecular weight excluding hydrogens is 159 g/mol. The number of nitrogens with zero attached hydrogens (tertiary/aromatic N) is 1. The van der Waals surface area contributed by atoms with Crippen LogP contribution in [0.4, 0.5) is 0 Å². The largest absolute Gasteiger partial charge is 0.283 e. The van der Waals surface area contributed by atoms with Crippen LogP contribution in [0.1, 0.15) is 5.69 Å². The molecule has 9 heavy (non-hydrogen) atoms. The van der Waals surface area contributed by atoms with Crippen LogP contribution in [0.25, 0.3) is 0 Å². The minimum atomic E-state index is 0. The molecule has 0 bridgehead atoms. The number of alkyl halides is 1. The van der Waals surface area contributed by atoms with Crippen molar-refractivity contribution < 1.29 is 0 Å². The second-order valence-corrected chi connectivity index (χ2v) is 1.90. The van der Waals surface area contributed by atoms with Gasteiger partial charge in [0.15, 0.2) is 0 Å². The quantitative estimate of drug-likeness (QED) is 0.666. The van der Waals surface area contributed by atoms with Crippen molar-refractivity contribution in [2.75, 3.05) is 5.88 Å². The molecule has 0 unspecified atom stereocenters. The van der Waals surface area contributed by atoms with Crippen molar-refractivity contribution in [2.24, 2.45) is 0 Å². The Labute approximate surface area is 65.0 Å². The lowest BCUT2D eigenvalue weighted by Gasteiger charge is -1.84. The van der Waals surface area contributed by atoms with Gasteiger partial charge >= 0.3 is 0 Å². The predicted octanol–water partition coefficient (Wildman–Crippen LogP) is 1.61. The normalized spacial score (nSPS) is 8.56. The third kappa shape index (κ3) is 2.72. The van der Waals surface area contributed by atoms with E-state index in [0.29, 0.717) is 5.88 Å². The fourth-order valence-corrected chi connectivity index (χ4v) is 0.729. The summed E-state index contributed by atoms with van der Waals surface area (Å²) in [5.41, 5.74) is 1.10. The summed E-state index contributed by atoms with van der Waals surface area (Å²) in [6, 6.07) is 1.92. The van der Waals surface area contributed by atoms with E-state index >= 15 is 0 Å². The van der Waals surface area contributed by atoms with Gasteiger partial charge in [0, 0.05) is 24.2 Å². The first kappa shape index (κ1) is 8.79. The van der Waals surface area contributed by atoms with Crippen molar-refractivity contribution in [3.05, 3.63) is 18.0 Å². The van der Waals surface area contributed by atoms with Gasteiger partial charge in [0.1, 0.15) is 0 Å². The maximum atomic E-state index is 5.45. The molecule has 1 heterocycles. The van der Waals surface area contributed by atoms with E-state index in [1.54, 1.807) is 6.20 Å². The molecule has 1 aromatic heterocycles. The lowest BCUT2D eigenvalue weighted by molar-refractivity contribution is 0.978. The van der Waals surface area contributed by atoms with E-state index in [9.17, 15) is 0 Å². The minimum absolute atomic E-state index is 0. The Balaban J connectivity index is 0.000000640. The molecule has 52 valence electrons. The highest BCUT2D eigenvalue weighted by Crippen LogP contribution is 1.93. The number of aromatic nitrogens is 2. The van der Waals surface area contributed by atoms with Gasteiger partial charge in [-0.15, -0.1) is 24.0 Å². The van der Waals surface area contributed by atoms with Crippen molar-refractivity contribution in [1.29, 1.82) is 0 Å². The molecule has 1 N–H and O–H groups in total. The summed E-state index contributed by atoms with van der Waals surface area (Å²) in [7, 11) is 0. The Kier molecular flexibility index (Phi) is 4.54. The molecule has 1 aromatic rings. The van der Waals surface area contributed by atoms with Gasteiger partial charge in [-0.2, -0.15) is 5.10 Å². The van der Waals surface area contributed by atoms with Gasteiger partial charge in [-0.3, -0.25) is 5.10 Å². The van der Waals surface area contributed by atoms with E-state index < -0.39 is 0 Å². The molecule has 4 heteroatoms. The first-order valence-corrected chi connectivity index (χ1v) is 3.01. The molecule has 0 aliphatic rings. The average molecular weight is 167 g/mol. The standard InChI is InChI=1S/C5H7ClN2.ClH/c6-3-1-5-2-4-7-8-5;/h2,4H,1,3H2,(H,7,8);1H. The van der Waals surface area contributed by atoms with Crippen molar-refractivity contribution in [3.63, 3.8) is 0 Å². The molecule has 0 saturated carbocycles. The molecule has 2 nitrogen and oxygen atoms in total. The Morgan fingerprint density at radius 2 is 2.44 bits per heavy atom. The second kappa shape index (κ2) is 4.65. The number of hydrogen-bond donors (Lipinski definition) is 1. The third-order valence-corrected chi connectivity index (χ3v) is 1.11. The van der Waals surface area contributed by atoms with Crippen LogP contribution in [0.2, 0.25) is 0 Å². The summed E-state index contributed by atoms with van der Waals surface area (Å²) in [6.45, 7) is 0. The molecule has 0 fully saturated rings. The van der Waals surface area contributed by atoms with Gasteiger partial charge in [0.05, 0.1) is 0 Å². The average Bonchev–Trinajstić information content (AvgIpc) is 2.19. The SMILES string of the molecule is Cl.ClCCc1ccn[nH]1. The Morgan fingerprint density at radius 1 is 1.67 bits per heavy atom. The first-order chi connectivity index (χ1) is 3.93. The van der Waals surface area contributed by atoms with E-state index in [0.717, 1.165) is 12.1 Å². The minimum Gasteiger partial charge on any atom is -0.283 e. The zero-order chi connectivity index (χ0) is 5.82. The molecule has 0 aliphatic carbocycles. The molecule has 0 atom stereocenters. The number of aryl methyl sites for hydroxylation is 1. The monoisotopic (exact) mass is 166 g/mol. The van der Waals surface area contributed by atoms with Crippen LogP contribution in [0, 0.1) is 0 Å². The van der Waals surface area contributed by atoms with Gasteiger partial charge in [0.2, 0.25) is 0 Å². The molecule has 1 rings (SSSR count). The highest BCUT2D eigenvalue weighted by atomic mass is 35.5. The summed E-state index contributed by atoms with van der Waals surface area (Å²) in [4.78, 5) is 0. The molecule has 0 aliphatic heterocycles. The van der Waals surface area contributed by atoms with Crippen LogP contribution in [0.3, 0.4) is 0 Å². The van der Waals surface area contributed by atoms with Crippen LogP contribution >= 0.6 is 24.0 Å². The number of halogens is 2. The van der Waals surface area contributed by atoms with Crippen molar-refractivity contribution >= 4 is 24.0 Å². The van der Waals surface area contributed by atoms with Gasteiger partial charge in [0.25, 0.3) is 0 Å². The van der Waals surface area contributed by atoms with Crippen LogP contribution in [-0.2, 0) is 6.42 Å². The lowest BCUT2D eigenvalue weighted by atomic mass is 10.3. The third-order valence-electron chi connectivity index (χ3n) is 0.922. The van der Waals surface area contributed by atoms with Gasteiger partial charge < -0.3 is 0 Å². The summed E-state index contributed by atoms with van der Waals surface area (Å²) >= 11 is 5.45. The van der Waals surface area contributed by atoms with Crippen LogP contribution in [0.5, 0.6) is 0 Å². The summed E-state index contributed by atoms with van der Waals surface area (Å²) in [5.74, 6) is 0.655. The predicted molar refractivity (Wildman–Crippen MR) is 40.3 cm³/mol. The molecule has 0 saturated heterocycles. The lowest BCUT2D eigenvalue weighted by Crippen LogP contribution is -1.84. The van der Waals surface area contributed by atoms with E-state index in [1.165, 1.54) is 0 Å². The first-order valence-electron chi connectivity index (χ1n) is 2.47. The van der Waals surface area contributed by atoms with Crippen LogP contribution in [-0.4, -0.2) is 16.1 Å². The Morgan fingerprint density at radius 3 is 2.89 bits per heavy atom. The maximum Gasteiger partial charge on any atom is 0.0490 e. The molecule has 0 aromatic carbocycles. The highest BCUT2D eigenvalue weighted by Gasteiger charge is 1.87. The molecule has 0 amide bonds. The fourth-order valence-electron chi connectivity index (χ4n) is 0.526. The van der Waals surface area contributed by atoms with E-state index in [1.807, 2.05) is 6.07 Å². The maximum absolute atomic E-state index is 5.45. The van der Waals surface area contributed by atoms with Gasteiger partial charge in [-0.1, -0.05) is 0 Å². The Hall–Kier alpha value is -0.210. The molecule has 0 spiro atoms.